The first-order valence-corrected chi connectivity index (χ1v) is 4.98. The summed E-state index contributed by atoms with van der Waals surface area (Å²) in [4.78, 5) is 18.1. The fraction of sp³-hybridized carbons (Fsp3) is 0.500. The molecule has 0 saturated carbocycles. The smallest absolute Gasteiger partial charge is 0.356 e. The first-order valence-electron chi connectivity index (χ1n) is 4.98. The predicted molar refractivity (Wildman–Crippen MR) is 58.3 cm³/mol. The highest BCUT2D eigenvalue weighted by atomic mass is 16.4. The molecule has 0 fully saturated rings. The van der Waals surface area contributed by atoms with Gasteiger partial charge in [0.2, 0.25) is 0 Å². The van der Waals surface area contributed by atoms with Crippen LogP contribution >= 0.6 is 0 Å². The van der Waals surface area contributed by atoms with Crippen molar-refractivity contribution in [3.05, 3.63) is 18.1 Å². The van der Waals surface area contributed by atoms with Gasteiger partial charge in [-0.3, -0.25) is 0 Å². The van der Waals surface area contributed by atoms with Gasteiger partial charge >= 0.3 is 5.97 Å². The fourth-order valence-corrected chi connectivity index (χ4v) is 0.975. The molecule has 0 saturated heterocycles. The van der Waals surface area contributed by atoms with Gasteiger partial charge in [0.25, 0.3) is 0 Å². The molecule has 0 aliphatic carbocycles. The number of aliphatic hydroxyl groups excluding tert-OH is 1. The Labute approximate surface area is 93.4 Å². The zero-order valence-electron chi connectivity index (χ0n) is 9.21. The minimum Gasteiger partial charge on any atom is -0.476 e. The summed E-state index contributed by atoms with van der Waals surface area (Å²) in [7, 11) is 0. The maximum absolute atomic E-state index is 10.5. The van der Waals surface area contributed by atoms with E-state index >= 15 is 0 Å². The molecule has 0 spiro atoms. The summed E-state index contributed by atoms with van der Waals surface area (Å²) in [5.41, 5.74) is -0.102. The molecule has 1 heterocycles. The normalized spacial score (nSPS) is 12.5. The van der Waals surface area contributed by atoms with Crippen molar-refractivity contribution < 1.29 is 15.0 Å². The summed E-state index contributed by atoms with van der Waals surface area (Å²) in [6, 6.07) is 0. The van der Waals surface area contributed by atoms with E-state index in [9.17, 15) is 9.90 Å². The van der Waals surface area contributed by atoms with E-state index in [0.717, 1.165) is 0 Å². The second-order valence-electron chi connectivity index (χ2n) is 3.78. The Hall–Kier alpha value is -1.69. The van der Waals surface area contributed by atoms with Crippen LogP contribution in [0.15, 0.2) is 12.4 Å². The van der Waals surface area contributed by atoms with Gasteiger partial charge in [0.15, 0.2) is 5.69 Å². The van der Waals surface area contributed by atoms with Crippen molar-refractivity contribution in [3.63, 3.8) is 0 Å². The number of nitrogens with zero attached hydrogens (tertiary/aromatic N) is 2. The van der Waals surface area contributed by atoms with Crippen LogP contribution in [0.1, 0.15) is 24.3 Å². The van der Waals surface area contributed by atoms with Crippen LogP contribution in [0.25, 0.3) is 0 Å². The molecule has 1 rings (SSSR count). The van der Waals surface area contributed by atoms with Gasteiger partial charge in [-0.05, 0) is 5.92 Å². The first-order chi connectivity index (χ1) is 7.50. The molecule has 1 aromatic rings. The molecular formula is C10H15N3O3. The summed E-state index contributed by atoms with van der Waals surface area (Å²) >= 11 is 0. The Morgan fingerprint density at radius 3 is 2.56 bits per heavy atom. The Kier molecular flexibility index (Phi) is 4.19. The van der Waals surface area contributed by atoms with Gasteiger partial charge in [-0.2, -0.15) is 0 Å². The van der Waals surface area contributed by atoms with Gasteiger partial charge in [-0.1, -0.05) is 13.8 Å². The second kappa shape index (κ2) is 5.41. The molecule has 0 bridgehead atoms. The van der Waals surface area contributed by atoms with E-state index in [2.05, 4.69) is 15.3 Å². The van der Waals surface area contributed by atoms with E-state index in [-0.39, 0.29) is 11.6 Å². The molecule has 0 radical (unpaired) electrons. The summed E-state index contributed by atoms with van der Waals surface area (Å²) in [5.74, 6) is -0.510. The largest absolute Gasteiger partial charge is 0.476 e. The minimum atomic E-state index is -1.11. The number of hydrogen-bond donors (Lipinski definition) is 3. The lowest BCUT2D eigenvalue weighted by Gasteiger charge is -2.15. The number of aromatic nitrogens is 2. The number of carbonyl (C=O) groups is 1. The highest BCUT2D eigenvalue weighted by molar-refractivity contribution is 5.84. The van der Waals surface area contributed by atoms with E-state index < -0.39 is 12.1 Å². The SMILES string of the molecule is CC(C)C(O)CNc1cnc(C(=O)O)cn1. The average Bonchev–Trinajstić information content (AvgIpc) is 2.26. The zero-order chi connectivity index (χ0) is 12.1. The van der Waals surface area contributed by atoms with Crippen LogP contribution in [0.3, 0.4) is 0 Å². The Morgan fingerprint density at radius 2 is 2.12 bits per heavy atom. The summed E-state index contributed by atoms with van der Waals surface area (Å²) in [6.45, 7) is 4.18. The van der Waals surface area contributed by atoms with E-state index in [1.165, 1.54) is 12.4 Å². The molecule has 1 aromatic heterocycles. The first kappa shape index (κ1) is 12.4. The fourth-order valence-electron chi connectivity index (χ4n) is 0.975. The summed E-state index contributed by atoms with van der Waals surface area (Å²) in [6.07, 6.45) is 2.03. The van der Waals surface area contributed by atoms with E-state index in [1.807, 2.05) is 13.8 Å². The molecule has 1 atom stereocenters. The van der Waals surface area contributed by atoms with Gasteiger partial charge < -0.3 is 15.5 Å². The lowest BCUT2D eigenvalue weighted by atomic mass is 10.1. The minimum absolute atomic E-state index is 0.102. The zero-order valence-corrected chi connectivity index (χ0v) is 9.21. The molecule has 6 heteroatoms. The third-order valence-corrected chi connectivity index (χ3v) is 2.13. The number of anilines is 1. The number of carboxylic acids is 1. The van der Waals surface area contributed by atoms with Crippen LogP contribution in [0.4, 0.5) is 5.82 Å². The van der Waals surface area contributed by atoms with Crippen molar-refractivity contribution in [3.8, 4) is 0 Å². The van der Waals surface area contributed by atoms with Crippen molar-refractivity contribution in [2.24, 2.45) is 5.92 Å². The molecule has 3 N–H and O–H groups in total. The van der Waals surface area contributed by atoms with Gasteiger partial charge in [-0.25, -0.2) is 14.8 Å². The van der Waals surface area contributed by atoms with Crippen molar-refractivity contribution in [1.82, 2.24) is 9.97 Å². The highest BCUT2D eigenvalue weighted by Gasteiger charge is 2.09. The third-order valence-electron chi connectivity index (χ3n) is 2.13. The molecule has 0 amide bonds. The molecule has 0 aliphatic heterocycles. The van der Waals surface area contributed by atoms with Crippen molar-refractivity contribution in [1.29, 1.82) is 0 Å². The number of nitrogens with one attached hydrogen (secondary N) is 1. The average molecular weight is 225 g/mol. The molecule has 88 valence electrons. The van der Waals surface area contributed by atoms with Crippen LogP contribution < -0.4 is 5.32 Å². The van der Waals surface area contributed by atoms with Gasteiger partial charge in [-0.15, -0.1) is 0 Å². The summed E-state index contributed by atoms with van der Waals surface area (Å²) < 4.78 is 0. The number of aliphatic hydroxyl groups is 1. The van der Waals surface area contributed by atoms with E-state index in [1.54, 1.807) is 0 Å². The van der Waals surface area contributed by atoms with Crippen molar-refractivity contribution in [2.75, 3.05) is 11.9 Å². The van der Waals surface area contributed by atoms with Crippen LogP contribution in [0.5, 0.6) is 0 Å². The Morgan fingerprint density at radius 1 is 1.44 bits per heavy atom. The summed E-state index contributed by atoms with van der Waals surface area (Å²) in [5, 5.41) is 21.0. The van der Waals surface area contributed by atoms with E-state index in [0.29, 0.717) is 12.4 Å². The highest BCUT2D eigenvalue weighted by Crippen LogP contribution is 2.04. The monoisotopic (exact) mass is 225 g/mol. The molecule has 1 unspecified atom stereocenters. The topological polar surface area (TPSA) is 95.3 Å². The van der Waals surface area contributed by atoms with Crippen LogP contribution in [0, 0.1) is 5.92 Å². The maximum atomic E-state index is 10.5. The second-order valence-corrected chi connectivity index (χ2v) is 3.78. The lowest BCUT2D eigenvalue weighted by molar-refractivity contribution is 0.0690. The molecule has 16 heavy (non-hydrogen) atoms. The molecule has 0 aliphatic rings. The Bertz CT molecular complexity index is 351. The molecule has 0 aromatic carbocycles. The quantitative estimate of drug-likeness (QED) is 0.679. The van der Waals surface area contributed by atoms with Gasteiger partial charge in [0, 0.05) is 6.54 Å². The van der Waals surface area contributed by atoms with Crippen molar-refractivity contribution in [2.45, 2.75) is 20.0 Å². The van der Waals surface area contributed by atoms with Crippen LogP contribution in [-0.2, 0) is 0 Å². The number of aromatic carboxylic acids is 1. The van der Waals surface area contributed by atoms with Gasteiger partial charge in [0.05, 0.1) is 18.5 Å². The van der Waals surface area contributed by atoms with Crippen LogP contribution in [0.2, 0.25) is 0 Å². The third kappa shape index (κ3) is 3.47. The predicted octanol–water partition coefficient (Wildman–Crippen LogP) is 0.604. The van der Waals surface area contributed by atoms with Gasteiger partial charge in [0.1, 0.15) is 5.82 Å². The van der Waals surface area contributed by atoms with Crippen molar-refractivity contribution >= 4 is 11.8 Å². The van der Waals surface area contributed by atoms with Crippen LogP contribution in [-0.4, -0.2) is 38.8 Å². The Balaban J connectivity index is 2.53. The number of rotatable bonds is 5. The molecular weight excluding hydrogens is 210 g/mol. The van der Waals surface area contributed by atoms with E-state index in [4.69, 9.17) is 5.11 Å². The standard InChI is InChI=1S/C10H15N3O3/c1-6(2)8(14)4-13-9-5-11-7(3-12-9)10(15)16/h3,5-6,8,14H,4H2,1-2H3,(H,12,13)(H,15,16). The number of carboxylic acid groups (broad SMARTS) is 1. The lowest BCUT2D eigenvalue weighted by Crippen LogP contribution is -2.25. The molecule has 6 nitrogen and oxygen atoms in total. The number of hydrogen-bond acceptors (Lipinski definition) is 5. The maximum Gasteiger partial charge on any atom is 0.356 e.